The van der Waals surface area contributed by atoms with Gasteiger partial charge in [-0.1, -0.05) is 6.07 Å². The molecule has 1 unspecified atom stereocenters. The summed E-state index contributed by atoms with van der Waals surface area (Å²) in [4.78, 5) is 4.93. The molecule has 6 heteroatoms. The Kier molecular flexibility index (Phi) is 6.88. The molecule has 1 aliphatic heterocycles. The predicted octanol–water partition coefficient (Wildman–Crippen LogP) is 2.79. The summed E-state index contributed by atoms with van der Waals surface area (Å²) in [5.74, 6) is 1.59. The van der Waals surface area contributed by atoms with Crippen LogP contribution in [0.25, 0.3) is 11.3 Å². The van der Waals surface area contributed by atoms with Crippen LogP contribution in [0.15, 0.2) is 24.3 Å². The van der Waals surface area contributed by atoms with Crippen molar-refractivity contribution in [2.24, 2.45) is 5.92 Å². The van der Waals surface area contributed by atoms with E-state index in [0.29, 0.717) is 0 Å². The maximum Gasteiger partial charge on any atom is 0.128 e. The average molecular weight is 373 g/mol. The summed E-state index contributed by atoms with van der Waals surface area (Å²) in [6, 6.07) is 8.45. The molecule has 148 valence electrons. The highest BCUT2D eigenvalue weighted by Crippen LogP contribution is 2.30. The van der Waals surface area contributed by atoms with Crippen molar-refractivity contribution in [3.63, 3.8) is 0 Å². The molecule has 1 atom stereocenters. The Morgan fingerprint density at radius 2 is 2.15 bits per heavy atom. The number of aromatic nitrogens is 2. The quantitative estimate of drug-likeness (QED) is 0.734. The zero-order valence-corrected chi connectivity index (χ0v) is 17.0. The van der Waals surface area contributed by atoms with Crippen molar-refractivity contribution < 1.29 is 9.47 Å². The van der Waals surface area contributed by atoms with Crippen LogP contribution in [0, 0.1) is 12.8 Å². The maximum absolute atomic E-state index is 5.54. The molecule has 1 N–H and O–H groups in total. The standard InChI is InChI=1S/C21H32N4O2/c1-16-11-20(23-22-16)19-12-17(5-6-21(19)27-4)13-24(2)14-18-7-8-25(15-18)9-10-26-3/h5-6,11-12,18H,7-10,13-15H2,1-4H3,(H,22,23). The number of hydrogen-bond donors (Lipinski definition) is 1. The second-order valence-electron chi connectivity index (χ2n) is 7.62. The van der Waals surface area contributed by atoms with Gasteiger partial charge in [-0.15, -0.1) is 0 Å². The number of ether oxygens (including phenoxy) is 2. The van der Waals surface area contributed by atoms with E-state index in [-0.39, 0.29) is 0 Å². The van der Waals surface area contributed by atoms with Crippen molar-refractivity contribution in [2.45, 2.75) is 19.9 Å². The summed E-state index contributed by atoms with van der Waals surface area (Å²) in [5, 5.41) is 7.41. The number of rotatable bonds is 9. The lowest BCUT2D eigenvalue weighted by molar-refractivity contribution is 0.157. The van der Waals surface area contributed by atoms with Gasteiger partial charge in [-0.25, -0.2) is 0 Å². The Morgan fingerprint density at radius 1 is 1.30 bits per heavy atom. The first-order valence-electron chi connectivity index (χ1n) is 9.68. The molecule has 3 rings (SSSR count). The number of nitrogens with one attached hydrogen (secondary N) is 1. The molecule has 0 saturated carbocycles. The molecular weight excluding hydrogens is 340 g/mol. The van der Waals surface area contributed by atoms with Gasteiger partial charge in [-0.2, -0.15) is 5.10 Å². The Labute approximate surface area is 162 Å². The first-order valence-corrected chi connectivity index (χ1v) is 9.68. The fourth-order valence-electron chi connectivity index (χ4n) is 3.91. The Hall–Kier alpha value is -1.89. The van der Waals surface area contributed by atoms with Crippen LogP contribution in [0.4, 0.5) is 0 Å². The van der Waals surface area contributed by atoms with Gasteiger partial charge < -0.3 is 19.3 Å². The van der Waals surface area contributed by atoms with E-state index in [4.69, 9.17) is 9.47 Å². The fraction of sp³-hybridized carbons (Fsp3) is 0.571. The Bertz CT molecular complexity index is 731. The number of H-pyrrole nitrogens is 1. The molecule has 1 fully saturated rings. The van der Waals surface area contributed by atoms with Gasteiger partial charge in [0, 0.05) is 44.5 Å². The van der Waals surface area contributed by atoms with E-state index in [1.807, 2.05) is 13.0 Å². The largest absolute Gasteiger partial charge is 0.496 e. The summed E-state index contributed by atoms with van der Waals surface area (Å²) in [6.07, 6.45) is 1.27. The van der Waals surface area contributed by atoms with Crippen molar-refractivity contribution in [2.75, 3.05) is 54.1 Å². The molecule has 0 spiro atoms. The summed E-state index contributed by atoms with van der Waals surface area (Å²) in [6.45, 7) is 8.28. The number of aryl methyl sites for hydroxylation is 1. The van der Waals surface area contributed by atoms with Gasteiger partial charge in [0.25, 0.3) is 0 Å². The lowest BCUT2D eigenvalue weighted by atomic mass is 10.0. The van der Waals surface area contributed by atoms with Crippen molar-refractivity contribution in [1.82, 2.24) is 20.0 Å². The van der Waals surface area contributed by atoms with Crippen LogP contribution in [-0.2, 0) is 11.3 Å². The normalized spacial score (nSPS) is 17.7. The molecule has 1 aromatic heterocycles. The zero-order valence-electron chi connectivity index (χ0n) is 17.0. The third-order valence-electron chi connectivity index (χ3n) is 5.25. The SMILES string of the molecule is COCCN1CCC(CN(C)Cc2ccc(OC)c(-c3cc(C)[nH]n3)c2)C1. The zero-order chi connectivity index (χ0) is 19.2. The van der Waals surface area contributed by atoms with Gasteiger partial charge in [0.1, 0.15) is 5.75 Å². The van der Waals surface area contributed by atoms with Crippen LogP contribution in [0.5, 0.6) is 5.75 Å². The van der Waals surface area contributed by atoms with Gasteiger partial charge >= 0.3 is 0 Å². The van der Waals surface area contributed by atoms with E-state index in [1.54, 1.807) is 14.2 Å². The number of benzene rings is 1. The van der Waals surface area contributed by atoms with Gasteiger partial charge in [0.05, 0.1) is 19.4 Å². The molecule has 27 heavy (non-hydrogen) atoms. The highest BCUT2D eigenvalue weighted by atomic mass is 16.5. The summed E-state index contributed by atoms with van der Waals surface area (Å²) in [7, 11) is 5.69. The van der Waals surface area contributed by atoms with Gasteiger partial charge in [0.2, 0.25) is 0 Å². The molecule has 6 nitrogen and oxygen atoms in total. The highest BCUT2D eigenvalue weighted by molar-refractivity contribution is 5.68. The number of aromatic amines is 1. The monoisotopic (exact) mass is 372 g/mol. The molecule has 1 saturated heterocycles. The van der Waals surface area contributed by atoms with Crippen molar-refractivity contribution in [3.8, 4) is 17.0 Å². The third kappa shape index (κ3) is 5.31. The molecule has 1 aliphatic rings. The summed E-state index contributed by atoms with van der Waals surface area (Å²) < 4.78 is 10.7. The minimum Gasteiger partial charge on any atom is -0.496 e. The lowest BCUT2D eigenvalue weighted by Crippen LogP contribution is -2.29. The van der Waals surface area contributed by atoms with Gasteiger partial charge in [-0.05, 0) is 56.6 Å². The van der Waals surface area contributed by atoms with E-state index in [1.165, 1.54) is 25.1 Å². The van der Waals surface area contributed by atoms with Crippen LogP contribution in [-0.4, -0.2) is 74.1 Å². The minimum atomic E-state index is 0.735. The van der Waals surface area contributed by atoms with Crippen LogP contribution >= 0.6 is 0 Å². The van der Waals surface area contributed by atoms with Crippen LogP contribution in [0.3, 0.4) is 0 Å². The number of nitrogens with zero attached hydrogens (tertiary/aromatic N) is 3. The smallest absolute Gasteiger partial charge is 0.128 e. The first-order chi connectivity index (χ1) is 13.1. The van der Waals surface area contributed by atoms with Gasteiger partial charge in [-0.3, -0.25) is 5.10 Å². The van der Waals surface area contributed by atoms with E-state index in [2.05, 4.69) is 45.2 Å². The maximum atomic E-state index is 5.54. The molecule has 2 aromatic rings. The van der Waals surface area contributed by atoms with E-state index in [9.17, 15) is 0 Å². The average Bonchev–Trinajstić information content (AvgIpc) is 3.28. The number of likely N-dealkylation sites (tertiary alicyclic amines) is 1. The molecule has 0 bridgehead atoms. The molecular formula is C21H32N4O2. The van der Waals surface area contributed by atoms with Crippen LogP contribution in [0.1, 0.15) is 17.7 Å². The Balaban J connectivity index is 1.60. The molecule has 0 amide bonds. The van der Waals surface area contributed by atoms with E-state index >= 15 is 0 Å². The number of methoxy groups -OCH3 is 2. The molecule has 2 heterocycles. The summed E-state index contributed by atoms with van der Waals surface area (Å²) in [5.41, 5.74) is 4.30. The predicted molar refractivity (Wildman–Crippen MR) is 108 cm³/mol. The fourth-order valence-corrected chi connectivity index (χ4v) is 3.91. The topological polar surface area (TPSA) is 53.6 Å². The second kappa shape index (κ2) is 9.35. The second-order valence-corrected chi connectivity index (χ2v) is 7.62. The van der Waals surface area contributed by atoms with E-state index in [0.717, 1.165) is 54.9 Å². The Morgan fingerprint density at radius 3 is 2.85 bits per heavy atom. The summed E-state index contributed by atoms with van der Waals surface area (Å²) >= 11 is 0. The van der Waals surface area contributed by atoms with Crippen LogP contribution in [0.2, 0.25) is 0 Å². The van der Waals surface area contributed by atoms with Gasteiger partial charge in [0.15, 0.2) is 0 Å². The third-order valence-corrected chi connectivity index (χ3v) is 5.25. The molecule has 0 radical (unpaired) electrons. The lowest BCUT2D eigenvalue weighted by Gasteiger charge is -2.22. The number of hydrogen-bond acceptors (Lipinski definition) is 5. The minimum absolute atomic E-state index is 0.735. The van der Waals surface area contributed by atoms with Crippen molar-refractivity contribution in [3.05, 3.63) is 35.5 Å². The molecule has 0 aliphatic carbocycles. The molecule has 1 aromatic carbocycles. The first kappa shape index (κ1) is 19.9. The van der Waals surface area contributed by atoms with Crippen molar-refractivity contribution in [1.29, 1.82) is 0 Å². The van der Waals surface area contributed by atoms with Crippen molar-refractivity contribution >= 4 is 0 Å². The highest BCUT2D eigenvalue weighted by Gasteiger charge is 2.23. The van der Waals surface area contributed by atoms with Crippen LogP contribution < -0.4 is 4.74 Å². The van der Waals surface area contributed by atoms with E-state index < -0.39 is 0 Å².